The number of hydrogen-bond acceptors (Lipinski definition) is 3. The SMILES string of the molecule is CC(C)C(CN)C1(c2cccs2)COC1. The van der Waals surface area contributed by atoms with Crippen LogP contribution >= 0.6 is 11.3 Å². The Morgan fingerprint density at radius 2 is 2.27 bits per heavy atom. The number of nitrogens with two attached hydrogens (primary N) is 1. The first-order valence-electron chi connectivity index (χ1n) is 5.52. The van der Waals surface area contributed by atoms with Crippen molar-refractivity contribution in [1.29, 1.82) is 0 Å². The third-order valence-electron chi connectivity index (χ3n) is 3.50. The normalized spacial score (nSPS) is 21.3. The van der Waals surface area contributed by atoms with Gasteiger partial charge in [-0.15, -0.1) is 11.3 Å². The van der Waals surface area contributed by atoms with Gasteiger partial charge in [-0.25, -0.2) is 0 Å². The Kier molecular flexibility index (Phi) is 3.14. The molecule has 1 aliphatic rings. The van der Waals surface area contributed by atoms with Crippen molar-refractivity contribution < 1.29 is 4.74 Å². The van der Waals surface area contributed by atoms with Crippen molar-refractivity contribution in [3.8, 4) is 0 Å². The number of hydrogen-bond donors (Lipinski definition) is 1. The van der Waals surface area contributed by atoms with E-state index in [1.165, 1.54) is 4.88 Å². The Labute approximate surface area is 95.4 Å². The molecule has 1 aromatic rings. The van der Waals surface area contributed by atoms with Crippen LogP contribution in [0.15, 0.2) is 17.5 Å². The Morgan fingerprint density at radius 3 is 2.60 bits per heavy atom. The van der Waals surface area contributed by atoms with Crippen LogP contribution in [0.4, 0.5) is 0 Å². The molecule has 1 aromatic heterocycles. The van der Waals surface area contributed by atoms with Gasteiger partial charge in [-0.05, 0) is 29.8 Å². The van der Waals surface area contributed by atoms with Gasteiger partial charge in [0, 0.05) is 4.88 Å². The lowest BCUT2D eigenvalue weighted by Crippen LogP contribution is -2.55. The van der Waals surface area contributed by atoms with Gasteiger partial charge in [0.1, 0.15) is 0 Å². The summed E-state index contributed by atoms with van der Waals surface area (Å²) in [5.41, 5.74) is 6.13. The zero-order valence-electron chi connectivity index (χ0n) is 9.40. The predicted octanol–water partition coefficient (Wildman–Crippen LogP) is 2.25. The zero-order valence-corrected chi connectivity index (χ0v) is 10.2. The van der Waals surface area contributed by atoms with Crippen molar-refractivity contribution in [3.05, 3.63) is 22.4 Å². The van der Waals surface area contributed by atoms with E-state index in [2.05, 4.69) is 31.4 Å². The summed E-state index contributed by atoms with van der Waals surface area (Å²) < 4.78 is 5.45. The summed E-state index contributed by atoms with van der Waals surface area (Å²) in [6.45, 7) is 6.94. The second-order valence-corrected chi connectivity index (χ2v) is 5.66. The van der Waals surface area contributed by atoms with Crippen LogP contribution < -0.4 is 5.73 Å². The molecular formula is C12H19NOS. The molecule has 1 atom stereocenters. The lowest BCUT2D eigenvalue weighted by atomic mass is 9.68. The van der Waals surface area contributed by atoms with Crippen LogP contribution in [0.1, 0.15) is 18.7 Å². The minimum Gasteiger partial charge on any atom is -0.379 e. The zero-order chi connectivity index (χ0) is 10.9. The largest absolute Gasteiger partial charge is 0.379 e. The third kappa shape index (κ3) is 1.73. The van der Waals surface area contributed by atoms with Crippen molar-refractivity contribution in [2.45, 2.75) is 19.3 Å². The molecule has 84 valence electrons. The molecule has 0 radical (unpaired) electrons. The van der Waals surface area contributed by atoms with Gasteiger partial charge < -0.3 is 10.5 Å². The second kappa shape index (κ2) is 4.24. The van der Waals surface area contributed by atoms with E-state index in [0.29, 0.717) is 11.8 Å². The molecule has 0 spiro atoms. The quantitative estimate of drug-likeness (QED) is 0.853. The van der Waals surface area contributed by atoms with Crippen LogP contribution in [0.5, 0.6) is 0 Å². The van der Waals surface area contributed by atoms with Crippen LogP contribution in [0.3, 0.4) is 0 Å². The van der Waals surface area contributed by atoms with Crippen molar-refractivity contribution >= 4 is 11.3 Å². The van der Waals surface area contributed by atoms with Crippen LogP contribution in [-0.4, -0.2) is 19.8 Å². The Balaban J connectivity index is 2.28. The van der Waals surface area contributed by atoms with E-state index in [9.17, 15) is 0 Å². The topological polar surface area (TPSA) is 35.2 Å². The predicted molar refractivity (Wildman–Crippen MR) is 64.2 cm³/mol. The average molecular weight is 225 g/mol. The number of rotatable bonds is 4. The highest BCUT2D eigenvalue weighted by molar-refractivity contribution is 7.10. The maximum absolute atomic E-state index is 5.92. The number of thiophene rings is 1. The smallest absolute Gasteiger partial charge is 0.0596 e. The number of ether oxygens (including phenoxy) is 1. The minimum atomic E-state index is 0.205. The molecule has 0 aromatic carbocycles. The van der Waals surface area contributed by atoms with E-state index in [-0.39, 0.29) is 5.41 Å². The Bertz CT molecular complexity index is 303. The first kappa shape index (κ1) is 11.1. The monoisotopic (exact) mass is 225 g/mol. The maximum Gasteiger partial charge on any atom is 0.0596 e. The van der Waals surface area contributed by atoms with Crippen molar-refractivity contribution in [2.24, 2.45) is 17.6 Å². The molecule has 3 heteroatoms. The molecular weight excluding hydrogens is 206 g/mol. The molecule has 0 amide bonds. The second-order valence-electron chi connectivity index (χ2n) is 4.71. The summed E-state index contributed by atoms with van der Waals surface area (Å²) in [4.78, 5) is 1.44. The Morgan fingerprint density at radius 1 is 1.53 bits per heavy atom. The van der Waals surface area contributed by atoms with E-state index in [0.717, 1.165) is 19.8 Å². The van der Waals surface area contributed by atoms with Crippen LogP contribution in [0.25, 0.3) is 0 Å². The van der Waals surface area contributed by atoms with Gasteiger partial charge in [0.2, 0.25) is 0 Å². The van der Waals surface area contributed by atoms with E-state index in [1.54, 1.807) is 0 Å². The summed E-state index contributed by atoms with van der Waals surface area (Å²) in [7, 11) is 0. The molecule has 1 aliphatic heterocycles. The standard InChI is InChI=1S/C12H19NOS/c1-9(2)10(6-13)12(7-14-8-12)11-4-3-5-15-11/h3-5,9-10H,6-8,13H2,1-2H3. The lowest BCUT2D eigenvalue weighted by Gasteiger charge is -2.48. The van der Waals surface area contributed by atoms with Crippen LogP contribution in [0.2, 0.25) is 0 Å². The van der Waals surface area contributed by atoms with Crippen LogP contribution in [0, 0.1) is 11.8 Å². The molecule has 0 aliphatic carbocycles. The van der Waals surface area contributed by atoms with Crippen molar-refractivity contribution in [1.82, 2.24) is 0 Å². The molecule has 1 unspecified atom stereocenters. The lowest BCUT2D eigenvalue weighted by molar-refractivity contribution is -0.0963. The highest BCUT2D eigenvalue weighted by atomic mass is 32.1. The van der Waals surface area contributed by atoms with E-state index in [1.807, 2.05) is 11.3 Å². The van der Waals surface area contributed by atoms with E-state index < -0.39 is 0 Å². The van der Waals surface area contributed by atoms with Gasteiger partial charge in [0.15, 0.2) is 0 Å². The molecule has 15 heavy (non-hydrogen) atoms. The van der Waals surface area contributed by atoms with Crippen molar-refractivity contribution in [2.75, 3.05) is 19.8 Å². The van der Waals surface area contributed by atoms with Gasteiger partial charge in [-0.3, -0.25) is 0 Å². The molecule has 2 rings (SSSR count). The third-order valence-corrected chi connectivity index (χ3v) is 4.59. The van der Waals surface area contributed by atoms with Gasteiger partial charge in [0.25, 0.3) is 0 Å². The molecule has 0 bridgehead atoms. The summed E-state index contributed by atoms with van der Waals surface area (Å²) in [6, 6.07) is 4.34. The molecule has 1 fully saturated rings. The fourth-order valence-electron chi connectivity index (χ4n) is 2.56. The molecule has 2 nitrogen and oxygen atoms in total. The van der Waals surface area contributed by atoms with Gasteiger partial charge >= 0.3 is 0 Å². The first-order valence-corrected chi connectivity index (χ1v) is 6.40. The minimum absolute atomic E-state index is 0.205. The van der Waals surface area contributed by atoms with E-state index >= 15 is 0 Å². The molecule has 1 saturated heterocycles. The molecule has 0 saturated carbocycles. The molecule has 2 N–H and O–H groups in total. The summed E-state index contributed by atoms with van der Waals surface area (Å²) in [5, 5.41) is 2.14. The van der Waals surface area contributed by atoms with Gasteiger partial charge in [-0.1, -0.05) is 19.9 Å². The Hall–Kier alpha value is -0.380. The summed E-state index contributed by atoms with van der Waals surface area (Å²) in [5.74, 6) is 1.14. The highest BCUT2D eigenvalue weighted by Crippen LogP contribution is 2.44. The summed E-state index contributed by atoms with van der Waals surface area (Å²) in [6.07, 6.45) is 0. The highest BCUT2D eigenvalue weighted by Gasteiger charge is 2.48. The fourth-order valence-corrected chi connectivity index (χ4v) is 3.52. The van der Waals surface area contributed by atoms with Gasteiger partial charge in [0.05, 0.1) is 18.6 Å². The summed E-state index contributed by atoms with van der Waals surface area (Å²) >= 11 is 1.83. The molecule has 2 heterocycles. The first-order chi connectivity index (χ1) is 7.20. The van der Waals surface area contributed by atoms with Gasteiger partial charge in [-0.2, -0.15) is 0 Å². The van der Waals surface area contributed by atoms with Crippen molar-refractivity contribution in [3.63, 3.8) is 0 Å². The van der Waals surface area contributed by atoms with Crippen LogP contribution in [-0.2, 0) is 10.2 Å². The fraction of sp³-hybridized carbons (Fsp3) is 0.667. The average Bonchev–Trinajstić information content (AvgIpc) is 2.62. The maximum atomic E-state index is 5.92. The van der Waals surface area contributed by atoms with E-state index in [4.69, 9.17) is 10.5 Å².